The maximum absolute atomic E-state index is 11.9. The molecular weight excluding hydrogens is 576 g/mol. The van der Waals surface area contributed by atoms with Gasteiger partial charge < -0.3 is 9.84 Å². The summed E-state index contributed by atoms with van der Waals surface area (Å²) in [4.78, 5) is 11.9. The monoisotopic (exact) mass is 618 g/mol. The van der Waals surface area contributed by atoms with Crippen LogP contribution >= 0.6 is 0 Å². The molecule has 0 fully saturated rings. The van der Waals surface area contributed by atoms with E-state index in [2.05, 4.69) is 110 Å². The van der Waals surface area contributed by atoms with E-state index in [0.29, 0.717) is 0 Å². The molecule has 0 aliphatic heterocycles. The minimum Gasteiger partial charge on any atom is -0.457 e. The van der Waals surface area contributed by atoms with Crippen LogP contribution in [0, 0.1) is 10.8 Å². The van der Waals surface area contributed by atoms with Crippen molar-refractivity contribution >= 4 is 17.1 Å². The second-order valence-corrected chi connectivity index (χ2v) is 13.4. The fraction of sp³-hybridized carbons (Fsp3) is 0.250. The van der Waals surface area contributed by atoms with Crippen LogP contribution in [0.3, 0.4) is 0 Å². The van der Waals surface area contributed by atoms with Crippen LogP contribution in [0.1, 0.15) is 76.5 Å². The summed E-state index contributed by atoms with van der Waals surface area (Å²) >= 11 is 0. The number of fused-ring (bicyclic) bond motifs is 4. The Morgan fingerprint density at radius 3 is 1.70 bits per heavy atom. The Bertz CT molecular complexity index is 1930. The smallest absolute Gasteiger partial charge is 0.303 e. The summed E-state index contributed by atoms with van der Waals surface area (Å²) < 4.78 is 5.91. The lowest BCUT2D eigenvalue weighted by Crippen LogP contribution is -2.30. The number of carbonyl (C=O) groups excluding carboxylic acids is 1. The van der Waals surface area contributed by atoms with E-state index in [1.807, 2.05) is 24.3 Å². The summed E-state index contributed by atoms with van der Waals surface area (Å²) in [5.74, 6) is -0.234. The van der Waals surface area contributed by atoms with E-state index in [1.54, 1.807) is 0 Å². The number of aliphatic hydroxyl groups is 1. The predicted octanol–water partition coefficient (Wildman–Crippen LogP) is 9.53. The number of carbonyl (C=O) groups is 1. The van der Waals surface area contributed by atoms with Crippen LogP contribution in [0.4, 0.5) is 0 Å². The highest BCUT2D eigenvalue weighted by Gasteiger charge is 2.51. The molecule has 3 nitrogen and oxygen atoms in total. The molecule has 0 bridgehead atoms. The molecule has 4 atom stereocenters. The summed E-state index contributed by atoms with van der Waals surface area (Å²) in [6.07, 6.45) is 13.0. The molecule has 8 rings (SSSR count). The van der Waals surface area contributed by atoms with Gasteiger partial charge in [0.25, 0.3) is 0 Å². The number of hydrogen-bond donors (Lipinski definition) is 1. The van der Waals surface area contributed by atoms with Gasteiger partial charge >= 0.3 is 5.97 Å². The quantitative estimate of drug-likeness (QED) is 0.166. The van der Waals surface area contributed by atoms with Crippen molar-refractivity contribution in [3.63, 3.8) is 0 Å². The topological polar surface area (TPSA) is 46.5 Å². The fourth-order valence-corrected chi connectivity index (χ4v) is 8.81. The molecule has 0 heterocycles. The highest BCUT2D eigenvalue weighted by molar-refractivity contribution is 5.80. The van der Waals surface area contributed by atoms with Crippen LogP contribution in [0.2, 0.25) is 0 Å². The Morgan fingerprint density at radius 1 is 0.702 bits per heavy atom. The van der Waals surface area contributed by atoms with Crippen molar-refractivity contribution in [1.82, 2.24) is 0 Å². The van der Waals surface area contributed by atoms with Gasteiger partial charge in [0.05, 0.1) is 6.10 Å². The molecule has 236 valence electrons. The van der Waals surface area contributed by atoms with E-state index < -0.39 is 6.10 Å². The Balaban J connectivity index is 0.000000151. The first-order chi connectivity index (χ1) is 22.9. The number of allylic oxidation sites excluding steroid dienone is 4. The second kappa shape index (κ2) is 12.5. The van der Waals surface area contributed by atoms with Gasteiger partial charge in [0.15, 0.2) is 0 Å². The molecule has 0 saturated carbocycles. The number of esters is 1. The van der Waals surface area contributed by atoms with Crippen LogP contribution < -0.4 is 0 Å². The molecule has 47 heavy (non-hydrogen) atoms. The molecule has 0 spiro atoms. The number of ether oxygens (including phenoxy) is 1. The average molecular weight is 619 g/mol. The van der Waals surface area contributed by atoms with E-state index in [-0.39, 0.29) is 22.9 Å². The predicted molar refractivity (Wildman–Crippen MR) is 190 cm³/mol. The molecule has 3 heteroatoms. The van der Waals surface area contributed by atoms with E-state index in [4.69, 9.17) is 4.74 Å². The second-order valence-electron chi connectivity index (χ2n) is 13.4. The van der Waals surface area contributed by atoms with Gasteiger partial charge in [-0.05, 0) is 94.2 Å². The van der Waals surface area contributed by atoms with E-state index in [9.17, 15) is 9.90 Å². The number of aliphatic hydroxyl groups excluding tert-OH is 1. The van der Waals surface area contributed by atoms with Crippen molar-refractivity contribution in [2.45, 2.75) is 57.7 Å². The molecule has 0 amide bonds. The zero-order valence-electron chi connectivity index (χ0n) is 27.1. The summed E-state index contributed by atoms with van der Waals surface area (Å²) in [7, 11) is 0. The van der Waals surface area contributed by atoms with Gasteiger partial charge in [-0.3, -0.25) is 4.79 Å². The summed E-state index contributed by atoms with van der Waals surface area (Å²) in [5, 5.41) is 11.1. The average Bonchev–Trinajstić information content (AvgIpc) is 3.85. The van der Waals surface area contributed by atoms with Gasteiger partial charge in [0.1, 0.15) is 6.10 Å². The van der Waals surface area contributed by atoms with Crippen molar-refractivity contribution in [2.75, 3.05) is 0 Å². The molecule has 4 aromatic rings. The van der Waals surface area contributed by atoms with Crippen LogP contribution in [0.25, 0.3) is 11.1 Å². The molecule has 4 aliphatic carbocycles. The Hall–Kier alpha value is -4.73. The van der Waals surface area contributed by atoms with Crippen LogP contribution in [0.5, 0.6) is 0 Å². The normalized spacial score (nSPS) is 24.5. The minimum absolute atomic E-state index is 0.234. The molecule has 0 radical (unpaired) electrons. The Labute approximate surface area is 278 Å². The molecule has 4 aromatic carbocycles. The zero-order chi connectivity index (χ0) is 32.6. The lowest BCUT2D eigenvalue weighted by molar-refractivity contribution is -0.151. The first kappa shape index (κ1) is 30.9. The molecule has 4 aliphatic rings. The third-order valence-corrected chi connectivity index (χ3v) is 10.8. The third-order valence-electron chi connectivity index (χ3n) is 10.8. The van der Waals surface area contributed by atoms with Gasteiger partial charge in [-0.25, -0.2) is 0 Å². The first-order valence-electron chi connectivity index (χ1n) is 16.7. The third kappa shape index (κ3) is 5.14. The maximum atomic E-state index is 11.9. The SMILES string of the molecule is C=CCC1(C2=CCc3ccccc32)Cc2ccccc2C1O.C=CCC1(C2=CCc3ccccc32)Cc2ccccc2C1OC(C)=O. The molecule has 0 aromatic heterocycles. The van der Waals surface area contributed by atoms with Gasteiger partial charge in [0, 0.05) is 17.8 Å². The van der Waals surface area contributed by atoms with Crippen molar-refractivity contribution in [2.24, 2.45) is 10.8 Å². The number of benzene rings is 4. The highest BCUT2D eigenvalue weighted by Crippen LogP contribution is 2.59. The van der Waals surface area contributed by atoms with Crippen molar-refractivity contribution in [3.8, 4) is 0 Å². The highest BCUT2D eigenvalue weighted by atomic mass is 16.5. The molecular formula is C44H42O3. The molecule has 0 saturated heterocycles. The maximum Gasteiger partial charge on any atom is 0.303 e. The number of hydrogen-bond acceptors (Lipinski definition) is 3. The van der Waals surface area contributed by atoms with Gasteiger partial charge in [-0.2, -0.15) is 0 Å². The van der Waals surface area contributed by atoms with Crippen molar-refractivity contribution < 1.29 is 14.6 Å². The van der Waals surface area contributed by atoms with Gasteiger partial charge in [0.2, 0.25) is 0 Å². The van der Waals surface area contributed by atoms with Crippen molar-refractivity contribution in [1.29, 1.82) is 0 Å². The lowest BCUT2D eigenvalue weighted by atomic mass is 9.71. The van der Waals surface area contributed by atoms with Crippen LogP contribution in [0.15, 0.2) is 135 Å². The van der Waals surface area contributed by atoms with Crippen LogP contribution in [-0.4, -0.2) is 11.1 Å². The van der Waals surface area contributed by atoms with E-state index in [1.165, 1.54) is 51.5 Å². The number of rotatable bonds is 7. The van der Waals surface area contributed by atoms with E-state index >= 15 is 0 Å². The Morgan fingerprint density at radius 2 is 1.15 bits per heavy atom. The lowest BCUT2D eigenvalue weighted by Gasteiger charge is -2.36. The van der Waals surface area contributed by atoms with Crippen LogP contribution in [-0.2, 0) is 35.2 Å². The zero-order valence-corrected chi connectivity index (χ0v) is 27.1. The standard InChI is InChI=1S/C23H22O2.C21H20O/c1-3-14-23(21-13-12-17-8-4-6-10-19(17)21)15-18-9-5-7-11-20(18)22(23)25-16(2)24;1-2-13-21(14-16-8-4-6-10-18(16)20(21)22)19-12-11-15-7-3-5-9-17(15)19/h3-11,13,22H,1,12,14-15H2,2H3;2-10,12,20,22H,1,11,13-14H2. The minimum atomic E-state index is -0.459. The Kier molecular flexibility index (Phi) is 8.20. The molecule has 1 N–H and O–H groups in total. The summed E-state index contributed by atoms with van der Waals surface area (Å²) in [6.45, 7) is 9.46. The van der Waals surface area contributed by atoms with Crippen molar-refractivity contribution in [3.05, 3.63) is 179 Å². The first-order valence-corrected chi connectivity index (χ1v) is 16.7. The largest absolute Gasteiger partial charge is 0.457 e. The summed E-state index contributed by atoms with van der Waals surface area (Å²) in [5.41, 5.74) is 12.1. The fourth-order valence-electron chi connectivity index (χ4n) is 8.81. The summed E-state index contributed by atoms with van der Waals surface area (Å²) in [6, 6.07) is 33.7. The van der Waals surface area contributed by atoms with E-state index in [0.717, 1.165) is 49.7 Å². The van der Waals surface area contributed by atoms with Gasteiger partial charge in [-0.15, -0.1) is 13.2 Å². The van der Waals surface area contributed by atoms with Gasteiger partial charge in [-0.1, -0.05) is 121 Å². The molecule has 4 unspecified atom stereocenters.